The lowest BCUT2D eigenvalue weighted by Crippen LogP contribution is -2.23. The molecular formula is C24H25NO2. The fourth-order valence-corrected chi connectivity index (χ4v) is 2.89. The molecule has 27 heavy (non-hydrogen) atoms. The summed E-state index contributed by atoms with van der Waals surface area (Å²) in [7, 11) is 0. The minimum absolute atomic E-state index is 0.0577. The smallest absolute Gasteiger partial charge is 0.251 e. The number of hydrogen-bond acceptors (Lipinski definition) is 2. The van der Waals surface area contributed by atoms with Gasteiger partial charge in [0.15, 0.2) is 0 Å². The molecule has 0 fully saturated rings. The van der Waals surface area contributed by atoms with Crippen LogP contribution in [0.3, 0.4) is 0 Å². The number of amides is 1. The molecule has 138 valence electrons. The normalized spacial score (nSPS) is 10.6. The largest absolute Gasteiger partial charge is 0.372 e. The molecule has 0 unspecified atom stereocenters. The van der Waals surface area contributed by atoms with Crippen molar-refractivity contribution in [3.05, 3.63) is 107 Å². The highest BCUT2D eigenvalue weighted by molar-refractivity contribution is 5.94. The number of carbonyl (C=O) groups is 1. The first-order valence-corrected chi connectivity index (χ1v) is 9.32. The number of hydrogen-bond donors (Lipinski definition) is 1. The molecule has 1 N–H and O–H groups in total. The van der Waals surface area contributed by atoms with E-state index in [9.17, 15) is 4.79 Å². The van der Waals surface area contributed by atoms with Crippen molar-refractivity contribution in [3.8, 4) is 0 Å². The topological polar surface area (TPSA) is 38.3 Å². The van der Waals surface area contributed by atoms with Crippen molar-refractivity contribution in [2.75, 3.05) is 0 Å². The third-order valence-electron chi connectivity index (χ3n) is 4.55. The fraction of sp³-hybridized carbons (Fsp3) is 0.208. The predicted octanol–water partition coefficient (Wildman–Crippen LogP) is 4.90. The zero-order valence-corrected chi connectivity index (χ0v) is 15.7. The van der Waals surface area contributed by atoms with Crippen molar-refractivity contribution in [2.24, 2.45) is 0 Å². The maximum Gasteiger partial charge on any atom is 0.251 e. The van der Waals surface area contributed by atoms with Crippen LogP contribution in [0.25, 0.3) is 0 Å². The molecule has 1 amide bonds. The number of carbonyl (C=O) groups excluding carboxylic acids is 1. The van der Waals surface area contributed by atoms with Crippen LogP contribution in [0.5, 0.6) is 0 Å². The Morgan fingerprint density at radius 2 is 1.44 bits per heavy atom. The summed E-state index contributed by atoms with van der Waals surface area (Å²) in [6.45, 7) is 3.68. The lowest BCUT2D eigenvalue weighted by Gasteiger charge is -2.12. The average Bonchev–Trinajstić information content (AvgIpc) is 2.73. The molecule has 3 rings (SSSR count). The second-order valence-electron chi connectivity index (χ2n) is 6.48. The van der Waals surface area contributed by atoms with Crippen LogP contribution in [-0.2, 0) is 30.9 Å². The Morgan fingerprint density at radius 1 is 0.778 bits per heavy atom. The number of rotatable bonds is 8. The lowest BCUT2D eigenvalue weighted by atomic mass is 10.1. The summed E-state index contributed by atoms with van der Waals surface area (Å²) in [5, 5.41) is 3.01. The van der Waals surface area contributed by atoms with E-state index in [1.165, 1.54) is 5.56 Å². The first kappa shape index (κ1) is 18.9. The minimum Gasteiger partial charge on any atom is -0.372 e. The number of nitrogens with one attached hydrogen (secondary N) is 1. The molecule has 0 saturated carbocycles. The van der Waals surface area contributed by atoms with Crippen molar-refractivity contribution < 1.29 is 9.53 Å². The van der Waals surface area contributed by atoms with E-state index in [2.05, 4.69) is 24.4 Å². The Kier molecular flexibility index (Phi) is 6.78. The number of ether oxygens (including phenoxy) is 1. The molecule has 0 radical (unpaired) electrons. The molecule has 3 aromatic rings. The van der Waals surface area contributed by atoms with Crippen LogP contribution in [0.2, 0.25) is 0 Å². The zero-order chi connectivity index (χ0) is 18.9. The van der Waals surface area contributed by atoms with E-state index in [-0.39, 0.29) is 5.91 Å². The lowest BCUT2D eigenvalue weighted by molar-refractivity contribution is 0.0947. The highest BCUT2D eigenvalue weighted by Crippen LogP contribution is 2.12. The van der Waals surface area contributed by atoms with Crippen LogP contribution in [0.15, 0.2) is 78.9 Å². The Labute approximate surface area is 161 Å². The molecule has 3 nitrogen and oxygen atoms in total. The van der Waals surface area contributed by atoms with Gasteiger partial charge in [0.05, 0.1) is 13.2 Å². The van der Waals surface area contributed by atoms with E-state index in [1.54, 1.807) is 0 Å². The second-order valence-corrected chi connectivity index (χ2v) is 6.48. The molecular weight excluding hydrogens is 334 g/mol. The zero-order valence-electron chi connectivity index (χ0n) is 15.7. The molecule has 3 aromatic carbocycles. The van der Waals surface area contributed by atoms with Gasteiger partial charge in [0, 0.05) is 12.1 Å². The SMILES string of the molecule is CCc1ccc(C(=O)NCc2ccccc2COCc2ccccc2)cc1. The van der Waals surface area contributed by atoms with E-state index in [1.807, 2.05) is 66.7 Å². The van der Waals surface area contributed by atoms with Gasteiger partial charge in [0.2, 0.25) is 0 Å². The molecule has 0 aliphatic heterocycles. The van der Waals surface area contributed by atoms with Crippen molar-refractivity contribution in [1.82, 2.24) is 5.32 Å². The summed E-state index contributed by atoms with van der Waals surface area (Å²) in [5.41, 5.74) is 5.23. The monoisotopic (exact) mass is 359 g/mol. The first-order chi connectivity index (χ1) is 13.3. The van der Waals surface area contributed by atoms with Gasteiger partial charge < -0.3 is 10.1 Å². The fourth-order valence-electron chi connectivity index (χ4n) is 2.89. The number of aryl methyl sites for hydroxylation is 1. The summed E-state index contributed by atoms with van der Waals surface area (Å²) in [6.07, 6.45) is 0.970. The van der Waals surface area contributed by atoms with Gasteiger partial charge in [-0.15, -0.1) is 0 Å². The van der Waals surface area contributed by atoms with E-state index in [4.69, 9.17) is 4.74 Å². The van der Waals surface area contributed by atoms with Crippen LogP contribution in [0.4, 0.5) is 0 Å². The molecule has 0 atom stereocenters. The quantitative estimate of drug-likeness (QED) is 0.621. The third kappa shape index (κ3) is 5.53. The molecule has 0 saturated heterocycles. The standard InChI is InChI=1S/C24H25NO2/c1-2-19-12-14-21(15-13-19)24(26)25-16-22-10-6-7-11-23(22)18-27-17-20-8-4-3-5-9-20/h3-15H,2,16-18H2,1H3,(H,25,26). The molecule has 0 heterocycles. The van der Waals surface area contributed by atoms with Gasteiger partial charge in [-0.3, -0.25) is 4.79 Å². The summed E-state index contributed by atoms with van der Waals surface area (Å²) >= 11 is 0. The van der Waals surface area contributed by atoms with Crippen LogP contribution in [-0.4, -0.2) is 5.91 Å². The minimum atomic E-state index is -0.0577. The highest BCUT2D eigenvalue weighted by Gasteiger charge is 2.07. The molecule has 3 heteroatoms. The van der Waals surface area contributed by atoms with Crippen molar-refractivity contribution in [3.63, 3.8) is 0 Å². The Balaban J connectivity index is 1.56. The van der Waals surface area contributed by atoms with E-state index in [0.717, 1.165) is 23.1 Å². The number of benzene rings is 3. The molecule has 0 spiro atoms. The summed E-state index contributed by atoms with van der Waals surface area (Å²) in [5.74, 6) is -0.0577. The maximum absolute atomic E-state index is 12.4. The van der Waals surface area contributed by atoms with E-state index < -0.39 is 0 Å². The van der Waals surface area contributed by atoms with E-state index >= 15 is 0 Å². The summed E-state index contributed by atoms with van der Waals surface area (Å²) < 4.78 is 5.85. The van der Waals surface area contributed by atoms with Crippen LogP contribution in [0, 0.1) is 0 Å². The highest BCUT2D eigenvalue weighted by atomic mass is 16.5. The molecule has 0 aliphatic rings. The summed E-state index contributed by atoms with van der Waals surface area (Å²) in [4.78, 5) is 12.4. The van der Waals surface area contributed by atoms with Gasteiger partial charge >= 0.3 is 0 Å². The maximum atomic E-state index is 12.4. The van der Waals surface area contributed by atoms with Gasteiger partial charge in [0.25, 0.3) is 5.91 Å². The molecule has 0 aliphatic carbocycles. The predicted molar refractivity (Wildman–Crippen MR) is 108 cm³/mol. The Bertz CT molecular complexity index is 857. The van der Waals surface area contributed by atoms with Gasteiger partial charge in [-0.2, -0.15) is 0 Å². The molecule has 0 bridgehead atoms. The Hall–Kier alpha value is -2.91. The Morgan fingerprint density at radius 3 is 2.15 bits per heavy atom. The van der Waals surface area contributed by atoms with Gasteiger partial charge in [0.1, 0.15) is 0 Å². The van der Waals surface area contributed by atoms with E-state index in [0.29, 0.717) is 25.3 Å². The van der Waals surface area contributed by atoms with Crippen LogP contribution in [0.1, 0.15) is 39.5 Å². The van der Waals surface area contributed by atoms with Crippen molar-refractivity contribution in [2.45, 2.75) is 33.1 Å². The first-order valence-electron chi connectivity index (χ1n) is 9.32. The van der Waals surface area contributed by atoms with Crippen LogP contribution < -0.4 is 5.32 Å². The van der Waals surface area contributed by atoms with Gasteiger partial charge in [-0.05, 0) is 40.8 Å². The van der Waals surface area contributed by atoms with Gasteiger partial charge in [-0.25, -0.2) is 0 Å². The average molecular weight is 359 g/mol. The van der Waals surface area contributed by atoms with Crippen molar-refractivity contribution in [1.29, 1.82) is 0 Å². The van der Waals surface area contributed by atoms with Crippen molar-refractivity contribution >= 4 is 5.91 Å². The van der Waals surface area contributed by atoms with Crippen LogP contribution >= 0.6 is 0 Å². The third-order valence-corrected chi connectivity index (χ3v) is 4.55. The second kappa shape index (κ2) is 9.70. The molecule has 0 aromatic heterocycles. The summed E-state index contributed by atoms with van der Waals surface area (Å²) in [6, 6.07) is 25.9. The van der Waals surface area contributed by atoms with Gasteiger partial charge in [-0.1, -0.05) is 73.7 Å².